The largest absolute Gasteiger partial charge is 0.493 e. The van der Waals surface area contributed by atoms with Crippen molar-refractivity contribution in [3.8, 4) is 11.5 Å². The van der Waals surface area contributed by atoms with Crippen LogP contribution in [0.3, 0.4) is 0 Å². The zero-order valence-electron chi connectivity index (χ0n) is 12.6. The molecule has 0 unspecified atom stereocenters. The topological polar surface area (TPSA) is 61.8 Å². The highest BCUT2D eigenvalue weighted by Gasteiger charge is 2.52. The summed E-state index contributed by atoms with van der Waals surface area (Å²) in [5.41, 5.74) is 0.591. The molecule has 0 bridgehead atoms. The van der Waals surface area contributed by atoms with Crippen molar-refractivity contribution in [1.82, 2.24) is 0 Å². The Balaban J connectivity index is 2.22. The van der Waals surface area contributed by atoms with Crippen LogP contribution in [0.4, 0.5) is 0 Å². The van der Waals surface area contributed by atoms with Gasteiger partial charge in [0.05, 0.1) is 26.1 Å². The first-order valence-electron chi connectivity index (χ1n) is 7.24. The van der Waals surface area contributed by atoms with E-state index in [9.17, 15) is 9.59 Å². The fraction of sp³-hybridized carbons (Fsp3) is 0.412. The summed E-state index contributed by atoms with van der Waals surface area (Å²) in [6, 6.07) is 3.42. The van der Waals surface area contributed by atoms with Gasteiger partial charge in [0, 0.05) is 11.1 Å². The molecule has 0 radical (unpaired) electrons. The first-order valence-corrected chi connectivity index (χ1v) is 7.24. The Hall–Kier alpha value is -2.30. The second-order valence-electron chi connectivity index (χ2n) is 5.56. The summed E-state index contributed by atoms with van der Waals surface area (Å²) in [7, 11) is 2.92. The molecule has 5 heteroatoms. The minimum Gasteiger partial charge on any atom is -0.493 e. The number of benzene rings is 1. The van der Waals surface area contributed by atoms with Crippen molar-refractivity contribution in [2.24, 2.45) is 0 Å². The molecule has 0 N–H and O–H groups in total. The molecule has 0 saturated carbocycles. The molecule has 1 aromatic carbocycles. The van der Waals surface area contributed by atoms with Crippen LogP contribution in [0.15, 0.2) is 24.3 Å². The third kappa shape index (κ3) is 2.00. The number of carbonyl (C=O) groups is 2. The summed E-state index contributed by atoms with van der Waals surface area (Å²) >= 11 is 0. The predicted octanol–water partition coefficient (Wildman–Crippen LogP) is 2.42. The SMILES string of the molecule is COC(=O)C[C@@]12C=CCC[C@@H]1Oc1c(OC)ccc(C=O)c12. The highest BCUT2D eigenvalue weighted by molar-refractivity contribution is 5.84. The van der Waals surface area contributed by atoms with E-state index in [-0.39, 0.29) is 18.5 Å². The molecule has 3 rings (SSSR count). The molecule has 0 spiro atoms. The summed E-state index contributed by atoms with van der Waals surface area (Å²) in [5, 5.41) is 0. The van der Waals surface area contributed by atoms with Gasteiger partial charge in [-0.05, 0) is 25.0 Å². The van der Waals surface area contributed by atoms with Crippen LogP contribution in [-0.4, -0.2) is 32.6 Å². The number of rotatable bonds is 4. The lowest BCUT2D eigenvalue weighted by atomic mass is 9.69. The maximum Gasteiger partial charge on any atom is 0.306 e. The number of methoxy groups -OCH3 is 2. The van der Waals surface area contributed by atoms with E-state index < -0.39 is 5.41 Å². The first kappa shape index (κ1) is 14.6. The van der Waals surface area contributed by atoms with Crippen LogP contribution in [0, 0.1) is 0 Å². The van der Waals surface area contributed by atoms with E-state index in [4.69, 9.17) is 14.2 Å². The Morgan fingerprint density at radius 2 is 2.27 bits per heavy atom. The minimum atomic E-state index is -0.661. The van der Waals surface area contributed by atoms with Gasteiger partial charge in [-0.2, -0.15) is 0 Å². The Morgan fingerprint density at radius 1 is 1.45 bits per heavy atom. The molecule has 5 nitrogen and oxygen atoms in total. The van der Waals surface area contributed by atoms with Crippen molar-refractivity contribution in [2.75, 3.05) is 14.2 Å². The smallest absolute Gasteiger partial charge is 0.306 e. The first-order chi connectivity index (χ1) is 10.7. The van der Waals surface area contributed by atoms with E-state index in [0.29, 0.717) is 17.1 Å². The van der Waals surface area contributed by atoms with Gasteiger partial charge >= 0.3 is 5.97 Å². The quantitative estimate of drug-likeness (QED) is 0.485. The van der Waals surface area contributed by atoms with Gasteiger partial charge in [0.1, 0.15) is 6.10 Å². The maximum absolute atomic E-state index is 12.0. The summed E-state index contributed by atoms with van der Waals surface area (Å²) in [5.74, 6) is 0.813. The number of allylic oxidation sites excluding steroid dienone is 1. The molecule has 116 valence electrons. The van der Waals surface area contributed by atoms with Crippen molar-refractivity contribution >= 4 is 12.3 Å². The summed E-state index contributed by atoms with van der Waals surface area (Å²) in [6.45, 7) is 0. The molecule has 2 atom stereocenters. The van der Waals surface area contributed by atoms with E-state index in [2.05, 4.69) is 0 Å². The number of esters is 1. The van der Waals surface area contributed by atoms with Crippen molar-refractivity contribution < 1.29 is 23.8 Å². The van der Waals surface area contributed by atoms with Gasteiger partial charge in [0.25, 0.3) is 0 Å². The van der Waals surface area contributed by atoms with Gasteiger partial charge in [0.15, 0.2) is 17.8 Å². The molecule has 0 aromatic heterocycles. The zero-order chi connectivity index (χ0) is 15.7. The van der Waals surface area contributed by atoms with Gasteiger partial charge in [-0.15, -0.1) is 0 Å². The van der Waals surface area contributed by atoms with Gasteiger partial charge in [0.2, 0.25) is 0 Å². The van der Waals surface area contributed by atoms with Crippen molar-refractivity contribution in [3.05, 3.63) is 35.4 Å². The molecular formula is C17H18O5. The van der Waals surface area contributed by atoms with Crippen molar-refractivity contribution in [3.63, 3.8) is 0 Å². The van der Waals surface area contributed by atoms with Crippen LogP contribution < -0.4 is 9.47 Å². The molecule has 1 aliphatic heterocycles. The monoisotopic (exact) mass is 302 g/mol. The minimum absolute atomic E-state index is 0.145. The van der Waals surface area contributed by atoms with Crippen molar-refractivity contribution in [2.45, 2.75) is 30.8 Å². The molecular weight excluding hydrogens is 284 g/mol. The predicted molar refractivity (Wildman–Crippen MR) is 79.5 cm³/mol. The Labute approximate surface area is 128 Å². The van der Waals surface area contributed by atoms with E-state index in [1.165, 1.54) is 7.11 Å². The van der Waals surface area contributed by atoms with Crippen LogP contribution in [0.25, 0.3) is 0 Å². The summed E-state index contributed by atoms with van der Waals surface area (Å²) < 4.78 is 16.3. The number of ether oxygens (including phenoxy) is 3. The maximum atomic E-state index is 12.0. The number of aldehydes is 1. The number of hydrogen-bond donors (Lipinski definition) is 0. The molecule has 0 fully saturated rings. The fourth-order valence-corrected chi connectivity index (χ4v) is 3.46. The summed E-state index contributed by atoms with van der Waals surface area (Å²) in [4.78, 5) is 23.5. The third-order valence-corrected chi connectivity index (χ3v) is 4.48. The third-order valence-electron chi connectivity index (χ3n) is 4.48. The number of fused-ring (bicyclic) bond motifs is 3. The van der Waals surface area contributed by atoms with Gasteiger partial charge in [-0.3, -0.25) is 9.59 Å². The molecule has 2 aliphatic rings. The standard InChI is InChI=1S/C17H18O5/c1-20-12-7-6-11(10-18)15-16(12)22-13-5-3-4-8-17(13,15)9-14(19)21-2/h4,6-8,10,13H,3,5,9H2,1-2H3/t13-,17-/m0/s1. The van der Waals surface area contributed by atoms with E-state index in [0.717, 1.165) is 24.7 Å². The zero-order valence-corrected chi connectivity index (χ0v) is 12.6. The van der Waals surface area contributed by atoms with Crippen LogP contribution in [0.5, 0.6) is 11.5 Å². The lowest BCUT2D eigenvalue weighted by molar-refractivity contribution is -0.142. The Morgan fingerprint density at radius 3 is 2.95 bits per heavy atom. The number of carbonyl (C=O) groups excluding carboxylic acids is 2. The van der Waals surface area contributed by atoms with E-state index >= 15 is 0 Å². The average Bonchev–Trinajstić information content (AvgIpc) is 2.88. The lowest BCUT2D eigenvalue weighted by Crippen LogP contribution is -2.40. The lowest BCUT2D eigenvalue weighted by Gasteiger charge is -2.33. The van der Waals surface area contributed by atoms with Crippen LogP contribution in [-0.2, 0) is 14.9 Å². The molecule has 1 aliphatic carbocycles. The van der Waals surface area contributed by atoms with E-state index in [1.54, 1.807) is 19.2 Å². The average molecular weight is 302 g/mol. The molecule has 1 heterocycles. The van der Waals surface area contributed by atoms with Crippen LogP contribution >= 0.6 is 0 Å². The number of hydrogen-bond acceptors (Lipinski definition) is 5. The van der Waals surface area contributed by atoms with Gasteiger partial charge < -0.3 is 14.2 Å². The highest BCUT2D eigenvalue weighted by Crippen LogP contribution is 2.54. The molecule has 0 amide bonds. The van der Waals surface area contributed by atoms with Gasteiger partial charge in [-0.25, -0.2) is 0 Å². The molecule has 22 heavy (non-hydrogen) atoms. The normalized spacial score (nSPS) is 24.9. The second kappa shape index (κ2) is 5.48. The Kier molecular flexibility index (Phi) is 3.64. The second-order valence-corrected chi connectivity index (χ2v) is 5.56. The van der Waals surface area contributed by atoms with E-state index in [1.807, 2.05) is 12.2 Å². The highest BCUT2D eigenvalue weighted by atomic mass is 16.5. The van der Waals surface area contributed by atoms with Gasteiger partial charge in [-0.1, -0.05) is 12.2 Å². The fourth-order valence-electron chi connectivity index (χ4n) is 3.46. The summed E-state index contributed by atoms with van der Waals surface area (Å²) in [6.07, 6.45) is 6.42. The van der Waals surface area contributed by atoms with Crippen LogP contribution in [0.2, 0.25) is 0 Å². The molecule has 1 aromatic rings. The van der Waals surface area contributed by atoms with Crippen LogP contribution in [0.1, 0.15) is 35.2 Å². The Bertz CT molecular complexity index is 649. The van der Waals surface area contributed by atoms with Crippen molar-refractivity contribution in [1.29, 1.82) is 0 Å². The molecule has 0 saturated heterocycles.